The molecule has 0 spiro atoms. The van der Waals surface area contributed by atoms with Crippen LogP contribution in [0.25, 0.3) is 0 Å². The number of nitrogens with zero attached hydrogens (tertiary/aromatic N) is 4. The largest absolute Gasteiger partial charge is 0.485 e. The Hall–Kier alpha value is -1.98. The van der Waals surface area contributed by atoms with Gasteiger partial charge in [0.25, 0.3) is 5.91 Å². The van der Waals surface area contributed by atoms with Gasteiger partial charge in [0.15, 0.2) is 21.4 Å². The van der Waals surface area contributed by atoms with Crippen LogP contribution in [0.1, 0.15) is 44.0 Å². The van der Waals surface area contributed by atoms with E-state index >= 15 is 0 Å². The van der Waals surface area contributed by atoms with E-state index in [0.29, 0.717) is 44.5 Å². The lowest BCUT2D eigenvalue weighted by Gasteiger charge is -2.51. The molecule has 0 aliphatic carbocycles. The van der Waals surface area contributed by atoms with Gasteiger partial charge in [0, 0.05) is 12.8 Å². The second kappa shape index (κ2) is 7.03. The van der Waals surface area contributed by atoms with Crippen molar-refractivity contribution in [2.24, 2.45) is 0 Å². The summed E-state index contributed by atoms with van der Waals surface area (Å²) in [5, 5.41) is 0. The molecule has 0 radical (unpaired) electrons. The Morgan fingerprint density at radius 3 is 2.60 bits per heavy atom. The van der Waals surface area contributed by atoms with Crippen molar-refractivity contribution in [3.63, 3.8) is 0 Å². The molecule has 30 heavy (non-hydrogen) atoms. The number of fused-ring (bicyclic) bond motifs is 3. The highest BCUT2D eigenvalue weighted by Crippen LogP contribution is 2.46. The van der Waals surface area contributed by atoms with Gasteiger partial charge in [-0.3, -0.25) is 4.79 Å². The molecule has 10 nitrogen and oxygen atoms in total. The number of ether oxygens (including phenoxy) is 3. The monoisotopic (exact) mass is 440 g/mol. The van der Waals surface area contributed by atoms with Gasteiger partial charge in [-0.1, -0.05) is 0 Å². The Bertz CT molecular complexity index is 975. The normalized spacial score (nSPS) is 26.8. The number of amides is 1. The second-order valence-corrected chi connectivity index (χ2v) is 11.5. The third-order valence-electron chi connectivity index (χ3n) is 6.13. The zero-order valence-corrected chi connectivity index (χ0v) is 18.8. The number of sulfone groups is 1. The van der Waals surface area contributed by atoms with E-state index in [1.165, 1.54) is 4.90 Å². The van der Waals surface area contributed by atoms with Crippen LogP contribution < -0.4 is 9.64 Å². The van der Waals surface area contributed by atoms with Crippen LogP contribution in [0.3, 0.4) is 0 Å². The third kappa shape index (κ3) is 3.23. The number of aromatic nitrogens is 2. The van der Waals surface area contributed by atoms with Gasteiger partial charge in [-0.2, -0.15) is 0 Å². The molecular weight excluding hydrogens is 412 g/mol. The van der Waals surface area contributed by atoms with E-state index in [9.17, 15) is 13.2 Å². The molecule has 1 aromatic rings. The molecule has 2 fully saturated rings. The standard InChI is InChI=1S/C19H28N4O6S/c1-12-8-28-9-19(4)10-29-13-14(18(2,3)30(5,25)26)20-15(21-16(13)23(12)19)17(24)22-6-7-27-11-22/h12H,6-11H2,1-5H3/t12-,19+/m1/s1. The number of morpholine rings is 1. The highest BCUT2D eigenvalue weighted by molar-refractivity contribution is 7.91. The summed E-state index contributed by atoms with van der Waals surface area (Å²) in [7, 11) is -3.57. The lowest BCUT2D eigenvalue weighted by Crippen LogP contribution is -2.64. The van der Waals surface area contributed by atoms with Crippen molar-refractivity contribution in [2.75, 3.05) is 50.9 Å². The number of carbonyl (C=O) groups is 1. The SMILES string of the molecule is C[C@@H]1COC[C@@]2(C)COc3c(nc(C(=O)N4CCOC4)nc3C(C)(C)S(C)(=O)=O)N12. The zero-order valence-electron chi connectivity index (χ0n) is 18.0. The Morgan fingerprint density at radius 2 is 1.97 bits per heavy atom. The van der Waals surface area contributed by atoms with Gasteiger partial charge >= 0.3 is 0 Å². The molecule has 0 saturated carbocycles. The van der Waals surface area contributed by atoms with Crippen molar-refractivity contribution in [3.8, 4) is 5.75 Å². The first-order chi connectivity index (χ1) is 14.0. The summed E-state index contributed by atoms with van der Waals surface area (Å²) in [6, 6.07) is -0.0337. The summed E-state index contributed by atoms with van der Waals surface area (Å²) in [6.45, 7) is 9.42. The van der Waals surface area contributed by atoms with Crippen LogP contribution in [0.15, 0.2) is 0 Å². The molecule has 11 heteroatoms. The van der Waals surface area contributed by atoms with Crippen molar-refractivity contribution in [1.82, 2.24) is 14.9 Å². The highest BCUT2D eigenvalue weighted by atomic mass is 32.2. The van der Waals surface area contributed by atoms with Crippen LogP contribution in [-0.2, 0) is 24.1 Å². The van der Waals surface area contributed by atoms with E-state index in [4.69, 9.17) is 14.2 Å². The lowest BCUT2D eigenvalue weighted by molar-refractivity contribution is 0.00692. The quantitative estimate of drug-likeness (QED) is 0.666. The Labute approximate surface area is 176 Å². The summed E-state index contributed by atoms with van der Waals surface area (Å²) >= 11 is 0. The van der Waals surface area contributed by atoms with Crippen LogP contribution in [0.5, 0.6) is 5.75 Å². The van der Waals surface area contributed by atoms with Gasteiger partial charge in [0.05, 0.1) is 31.4 Å². The minimum Gasteiger partial charge on any atom is -0.485 e. The molecular formula is C19H28N4O6S. The molecule has 1 aromatic heterocycles. The van der Waals surface area contributed by atoms with E-state index in [1.54, 1.807) is 13.8 Å². The number of rotatable bonds is 3. The maximum absolute atomic E-state index is 13.1. The fraction of sp³-hybridized carbons (Fsp3) is 0.737. The van der Waals surface area contributed by atoms with Crippen LogP contribution in [0.2, 0.25) is 0 Å². The molecule has 3 aliphatic rings. The minimum absolute atomic E-state index is 0.0337. The van der Waals surface area contributed by atoms with Gasteiger partial charge in [0.2, 0.25) is 5.82 Å². The second-order valence-electron chi connectivity index (χ2n) is 8.96. The van der Waals surface area contributed by atoms with Crippen molar-refractivity contribution >= 4 is 21.6 Å². The molecule has 4 heterocycles. The highest BCUT2D eigenvalue weighted by Gasteiger charge is 2.49. The van der Waals surface area contributed by atoms with Gasteiger partial charge in [0.1, 0.15) is 23.8 Å². The lowest BCUT2D eigenvalue weighted by atomic mass is 9.95. The third-order valence-corrected chi connectivity index (χ3v) is 8.17. The van der Waals surface area contributed by atoms with Crippen molar-refractivity contribution in [2.45, 2.75) is 44.0 Å². The zero-order chi connectivity index (χ0) is 21.9. The van der Waals surface area contributed by atoms with Crippen LogP contribution >= 0.6 is 0 Å². The van der Waals surface area contributed by atoms with Crippen LogP contribution in [0.4, 0.5) is 5.82 Å². The van der Waals surface area contributed by atoms with E-state index < -0.39 is 26.0 Å². The Morgan fingerprint density at radius 1 is 1.23 bits per heavy atom. The smallest absolute Gasteiger partial charge is 0.293 e. The maximum atomic E-state index is 13.1. The van der Waals surface area contributed by atoms with Gasteiger partial charge in [-0.05, 0) is 27.7 Å². The van der Waals surface area contributed by atoms with Crippen LogP contribution in [0, 0.1) is 0 Å². The van der Waals surface area contributed by atoms with Crippen LogP contribution in [-0.4, -0.2) is 86.7 Å². The molecule has 2 atom stereocenters. The summed E-state index contributed by atoms with van der Waals surface area (Å²) in [4.78, 5) is 25.7. The van der Waals surface area contributed by atoms with Gasteiger partial charge in [-0.25, -0.2) is 18.4 Å². The topological polar surface area (TPSA) is 111 Å². The van der Waals surface area contributed by atoms with E-state index in [2.05, 4.69) is 14.9 Å². The number of hydrogen-bond donors (Lipinski definition) is 0. The molecule has 0 unspecified atom stereocenters. The number of hydrogen-bond acceptors (Lipinski definition) is 9. The van der Waals surface area contributed by atoms with E-state index in [1.807, 2.05) is 13.8 Å². The summed E-state index contributed by atoms with van der Waals surface area (Å²) in [5.74, 6) is 0.294. The van der Waals surface area contributed by atoms with Gasteiger partial charge < -0.3 is 24.0 Å². The fourth-order valence-corrected chi connectivity index (χ4v) is 4.55. The predicted octanol–water partition coefficient (Wildman–Crippen LogP) is 0.562. The average molecular weight is 441 g/mol. The molecule has 0 N–H and O–H groups in total. The molecule has 166 valence electrons. The first kappa shape index (κ1) is 21.3. The first-order valence-corrected chi connectivity index (χ1v) is 11.8. The fourth-order valence-electron chi connectivity index (χ4n) is 4.06. The Balaban J connectivity index is 1.93. The number of anilines is 1. The molecule has 2 saturated heterocycles. The average Bonchev–Trinajstić information content (AvgIpc) is 3.19. The number of carbonyl (C=O) groups excluding carboxylic acids is 1. The van der Waals surface area contributed by atoms with Crippen molar-refractivity contribution < 1.29 is 27.4 Å². The van der Waals surface area contributed by atoms with Gasteiger partial charge in [-0.15, -0.1) is 0 Å². The molecule has 3 aliphatic heterocycles. The maximum Gasteiger partial charge on any atom is 0.293 e. The Kier molecular flexibility index (Phi) is 4.98. The summed E-state index contributed by atoms with van der Waals surface area (Å²) < 4.78 is 40.9. The first-order valence-electron chi connectivity index (χ1n) is 9.95. The molecule has 0 bridgehead atoms. The molecule has 1 amide bonds. The van der Waals surface area contributed by atoms with Crippen molar-refractivity contribution in [1.29, 1.82) is 0 Å². The molecule has 0 aromatic carbocycles. The van der Waals surface area contributed by atoms with E-state index in [0.717, 1.165) is 6.26 Å². The van der Waals surface area contributed by atoms with E-state index in [-0.39, 0.29) is 24.3 Å². The summed E-state index contributed by atoms with van der Waals surface area (Å²) in [5.41, 5.74) is -0.290. The minimum atomic E-state index is -3.57. The van der Waals surface area contributed by atoms with Crippen molar-refractivity contribution in [3.05, 3.63) is 11.5 Å². The predicted molar refractivity (Wildman–Crippen MR) is 108 cm³/mol. The summed E-state index contributed by atoms with van der Waals surface area (Å²) in [6.07, 6.45) is 1.15. The molecule has 4 rings (SSSR count).